The summed E-state index contributed by atoms with van der Waals surface area (Å²) >= 11 is 0. The molecule has 144 valence electrons. The van der Waals surface area contributed by atoms with Gasteiger partial charge in [0.05, 0.1) is 18.5 Å². The lowest BCUT2D eigenvalue weighted by Crippen LogP contribution is -2.31. The van der Waals surface area contributed by atoms with Crippen LogP contribution in [0, 0.1) is 0 Å². The van der Waals surface area contributed by atoms with Crippen LogP contribution in [0.2, 0.25) is 0 Å². The summed E-state index contributed by atoms with van der Waals surface area (Å²) in [6, 6.07) is 24.7. The van der Waals surface area contributed by atoms with Gasteiger partial charge in [0.15, 0.2) is 0 Å². The minimum Gasteiger partial charge on any atom is -0.497 e. The first-order valence-electron chi connectivity index (χ1n) is 9.32. The number of ether oxygens (including phenoxy) is 1. The van der Waals surface area contributed by atoms with Crippen LogP contribution < -0.4 is 15.4 Å². The predicted molar refractivity (Wildman–Crippen MR) is 117 cm³/mol. The highest BCUT2D eigenvalue weighted by molar-refractivity contribution is 6.30. The number of amides is 1. The molecule has 5 nitrogen and oxygen atoms in total. The van der Waals surface area contributed by atoms with Gasteiger partial charge in [-0.15, -0.1) is 0 Å². The van der Waals surface area contributed by atoms with Gasteiger partial charge >= 0.3 is 0 Å². The summed E-state index contributed by atoms with van der Waals surface area (Å²) in [7, 11) is 1.60. The van der Waals surface area contributed by atoms with E-state index in [4.69, 9.17) is 9.73 Å². The molecule has 0 unspecified atom stereocenters. The van der Waals surface area contributed by atoms with Gasteiger partial charge in [-0.2, -0.15) is 0 Å². The molecular formula is C24H21N3O2. The van der Waals surface area contributed by atoms with E-state index in [0.717, 1.165) is 28.2 Å². The Morgan fingerprint density at radius 2 is 1.62 bits per heavy atom. The van der Waals surface area contributed by atoms with E-state index in [1.54, 1.807) is 31.4 Å². The van der Waals surface area contributed by atoms with Crippen LogP contribution in [0.1, 0.15) is 22.8 Å². The topological polar surface area (TPSA) is 62.7 Å². The highest BCUT2D eigenvalue weighted by Gasteiger charge is 2.21. The molecule has 1 amide bonds. The lowest BCUT2D eigenvalue weighted by atomic mass is 10.0. The second-order valence-electron chi connectivity index (χ2n) is 6.65. The molecule has 0 saturated carbocycles. The molecule has 3 aromatic carbocycles. The number of amidine groups is 1. The van der Waals surface area contributed by atoms with Crippen LogP contribution in [-0.2, 0) is 0 Å². The maximum Gasteiger partial charge on any atom is 0.256 e. The lowest BCUT2D eigenvalue weighted by Gasteiger charge is -2.15. The van der Waals surface area contributed by atoms with Crippen molar-refractivity contribution in [1.82, 2.24) is 5.32 Å². The minimum atomic E-state index is -0.230. The highest BCUT2D eigenvalue weighted by atomic mass is 16.5. The van der Waals surface area contributed by atoms with Crippen LogP contribution in [-0.4, -0.2) is 18.9 Å². The van der Waals surface area contributed by atoms with Crippen molar-refractivity contribution in [3.63, 3.8) is 0 Å². The molecule has 0 saturated heterocycles. The maximum atomic E-state index is 12.9. The fraction of sp³-hybridized carbons (Fsp3) is 0.0833. The van der Waals surface area contributed by atoms with Gasteiger partial charge in [0.2, 0.25) is 0 Å². The summed E-state index contributed by atoms with van der Waals surface area (Å²) in [5.74, 6) is 0.978. The maximum absolute atomic E-state index is 12.9. The first-order chi connectivity index (χ1) is 14.2. The van der Waals surface area contributed by atoms with Crippen molar-refractivity contribution in [2.45, 2.75) is 6.92 Å². The number of fused-ring (bicyclic) bond motifs is 1. The molecule has 0 radical (unpaired) electrons. The van der Waals surface area contributed by atoms with E-state index in [1.165, 1.54) is 0 Å². The number of nitrogens with zero attached hydrogens (tertiary/aromatic N) is 1. The molecule has 29 heavy (non-hydrogen) atoms. The fourth-order valence-corrected chi connectivity index (χ4v) is 3.27. The van der Waals surface area contributed by atoms with Crippen LogP contribution in [0.25, 0.3) is 5.57 Å². The fourth-order valence-electron chi connectivity index (χ4n) is 3.27. The van der Waals surface area contributed by atoms with Crippen molar-refractivity contribution >= 4 is 28.7 Å². The monoisotopic (exact) mass is 383 g/mol. The molecule has 3 aromatic rings. The predicted octanol–water partition coefficient (Wildman–Crippen LogP) is 5.01. The van der Waals surface area contributed by atoms with Gasteiger partial charge in [-0.3, -0.25) is 4.79 Å². The smallest absolute Gasteiger partial charge is 0.256 e. The molecule has 0 aromatic heterocycles. The van der Waals surface area contributed by atoms with Crippen molar-refractivity contribution in [2.75, 3.05) is 12.4 Å². The van der Waals surface area contributed by atoms with Crippen LogP contribution in [0.3, 0.4) is 0 Å². The zero-order valence-electron chi connectivity index (χ0n) is 16.3. The van der Waals surface area contributed by atoms with E-state index in [1.807, 2.05) is 61.5 Å². The number of anilines is 1. The van der Waals surface area contributed by atoms with E-state index >= 15 is 0 Å². The van der Waals surface area contributed by atoms with Crippen molar-refractivity contribution in [1.29, 1.82) is 0 Å². The molecule has 1 heterocycles. The lowest BCUT2D eigenvalue weighted by molar-refractivity contribution is 0.0977. The number of aliphatic imine (C=N–C) groups is 1. The number of carbonyl (C=O) groups is 1. The molecule has 2 N–H and O–H groups in total. The molecular weight excluding hydrogens is 362 g/mol. The SMILES string of the molecule is COc1ccc(C(=O)NC2=Nc3ccccc3NC(C)=C2c2ccccc2)cc1. The van der Waals surface area contributed by atoms with Gasteiger partial charge in [-0.1, -0.05) is 42.5 Å². The van der Waals surface area contributed by atoms with E-state index in [2.05, 4.69) is 10.6 Å². The number of methoxy groups -OCH3 is 1. The Hall–Kier alpha value is -3.86. The summed E-state index contributed by atoms with van der Waals surface area (Å²) in [6.07, 6.45) is 0. The first kappa shape index (κ1) is 18.5. The van der Waals surface area contributed by atoms with E-state index in [0.29, 0.717) is 17.1 Å². The number of benzene rings is 3. The van der Waals surface area contributed by atoms with Gasteiger partial charge in [0.25, 0.3) is 5.91 Å². The van der Waals surface area contributed by atoms with Crippen molar-refractivity contribution < 1.29 is 9.53 Å². The number of nitrogens with one attached hydrogen (secondary N) is 2. The average molecular weight is 383 g/mol. The minimum absolute atomic E-state index is 0.230. The Labute approximate surface area is 169 Å². The molecule has 1 aliphatic rings. The second kappa shape index (κ2) is 8.02. The quantitative estimate of drug-likeness (QED) is 0.668. The Balaban J connectivity index is 1.76. The number of allylic oxidation sites excluding steroid dienone is 1. The van der Waals surface area contributed by atoms with Gasteiger partial charge in [-0.05, 0) is 48.9 Å². The second-order valence-corrected chi connectivity index (χ2v) is 6.65. The van der Waals surface area contributed by atoms with Crippen LogP contribution in [0.4, 0.5) is 11.4 Å². The zero-order valence-corrected chi connectivity index (χ0v) is 16.3. The first-order valence-corrected chi connectivity index (χ1v) is 9.32. The summed E-state index contributed by atoms with van der Waals surface area (Å²) in [5.41, 5.74) is 4.93. The van der Waals surface area contributed by atoms with Gasteiger partial charge in [0, 0.05) is 16.8 Å². The molecule has 0 fully saturated rings. The number of carbonyl (C=O) groups excluding carboxylic acids is 1. The van der Waals surface area contributed by atoms with Crippen molar-refractivity contribution in [3.8, 4) is 5.75 Å². The van der Waals surface area contributed by atoms with Crippen LogP contribution >= 0.6 is 0 Å². The summed E-state index contributed by atoms with van der Waals surface area (Å²) in [6.45, 7) is 1.99. The average Bonchev–Trinajstić information content (AvgIpc) is 2.89. The third kappa shape index (κ3) is 3.89. The molecule has 4 rings (SSSR count). The van der Waals surface area contributed by atoms with Crippen molar-refractivity contribution in [3.05, 3.63) is 95.7 Å². The Morgan fingerprint density at radius 1 is 0.931 bits per heavy atom. The zero-order chi connectivity index (χ0) is 20.2. The molecule has 0 aliphatic carbocycles. The molecule has 1 aliphatic heterocycles. The molecule has 0 spiro atoms. The summed E-state index contributed by atoms with van der Waals surface area (Å²) in [5, 5.41) is 6.43. The van der Waals surface area contributed by atoms with E-state index in [9.17, 15) is 4.79 Å². The highest BCUT2D eigenvalue weighted by Crippen LogP contribution is 2.33. The standard InChI is InChI=1S/C24H21N3O2/c1-16-22(17-8-4-3-5-9-17)23(26-21-11-7-6-10-20(21)25-16)27-24(28)18-12-14-19(29-2)15-13-18/h3-15,25H,1-2H3,(H,26,27,28). The summed E-state index contributed by atoms with van der Waals surface area (Å²) < 4.78 is 5.17. The van der Waals surface area contributed by atoms with Crippen molar-refractivity contribution in [2.24, 2.45) is 4.99 Å². The number of para-hydroxylation sites is 2. The van der Waals surface area contributed by atoms with Crippen LogP contribution in [0.15, 0.2) is 89.6 Å². The van der Waals surface area contributed by atoms with E-state index in [-0.39, 0.29) is 5.91 Å². The normalized spacial score (nSPS) is 13.0. The summed E-state index contributed by atoms with van der Waals surface area (Å²) in [4.78, 5) is 17.7. The van der Waals surface area contributed by atoms with Gasteiger partial charge in [0.1, 0.15) is 11.6 Å². The number of rotatable bonds is 3. The molecule has 5 heteroatoms. The van der Waals surface area contributed by atoms with Gasteiger partial charge in [-0.25, -0.2) is 4.99 Å². The van der Waals surface area contributed by atoms with Crippen LogP contribution in [0.5, 0.6) is 5.75 Å². The third-order valence-electron chi connectivity index (χ3n) is 4.72. The number of hydrogen-bond acceptors (Lipinski definition) is 4. The number of hydrogen-bond donors (Lipinski definition) is 2. The Kier molecular flexibility index (Phi) is 5.12. The largest absolute Gasteiger partial charge is 0.497 e. The van der Waals surface area contributed by atoms with E-state index < -0.39 is 0 Å². The Bertz CT molecular complexity index is 1100. The Morgan fingerprint density at radius 3 is 2.34 bits per heavy atom. The van der Waals surface area contributed by atoms with Gasteiger partial charge < -0.3 is 15.4 Å². The molecule has 0 atom stereocenters. The third-order valence-corrected chi connectivity index (χ3v) is 4.72. The molecule has 0 bridgehead atoms.